The molecule has 0 N–H and O–H groups in total. The molecule has 2 heterocycles. The number of para-hydroxylation sites is 1. The van der Waals surface area contributed by atoms with Crippen LogP contribution in [0.4, 0.5) is 0 Å². The Kier molecular flexibility index (Phi) is 7.36. The number of allylic oxidation sites excluding steroid dienone is 4. The lowest BCUT2D eigenvalue weighted by Gasteiger charge is -2.18. The molecule has 0 bridgehead atoms. The fourth-order valence-electron chi connectivity index (χ4n) is 8.08. The van der Waals surface area contributed by atoms with Crippen molar-refractivity contribution in [1.82, 2.24) is 15.0 Å². The molecule has 10 rings (SSSR count). The van der Waals surface area contributed by atoms with E-state index in [0.29, 0.717) is 17.5 Å². The molecule has 0 fully saturated rings. The molecule has 0 unspecified atom stereocenters. The maximum Gasteiger partial charge on any atom is 0.165 e. The third kappa shape index (κ3) is 5.34. The highest BCUT2D eigenvalue weighted by atomic mass is 16.3. The Hall–Kier alpha value is -6.65. The number of nitrogens with zero attached hydrogens (tertiary/aromatic N) is 3. The number of hydrogen-bond acceptors (Lipinski definition) is 4. The first kappa shape index (κ1) is 31.1. The Morgan fingerprint density at radius 2 is 1.21 bits per heavy atom. The summed E-state index contributed by atoms with van der Waals surface area (Å²) in [5.74, 6) is 1.86. The minimum absolute atomic E-state index is 0.609. The second-order valence-electron chi connectivity index (χ2n) is 14.0. The summed E-state index contributed by atoms with van der Waals surface area (Å²) >= 11 is 0. The highest BCUT2D eigenvalue weighted by Gasteiger charge is 2.23. The molecule has 0 atom stereocenters. The van der Waals surface area contributed by atoms with Crippen molar-refractivity contribution in [3.8, 4) is 45.3 Å². The van der Waals surface area contributed by atoms with Crippen LogP contribution in [0.15, 0.2) is 162 Å². The molecule has 0 aliphatic heterocycles. The molecule has 1 aliphatic rings. The first-order valence-electron chi connectivity index (χ1n) is 18.2. The van der Waals surface area contributed by atoms with E-state index in [9.17, 15) is 0 Å². The summed E-state index contributed by atoms with van der Waals surface area (Å²) in [5.41, 5.74) is 11.9. The van der Waals surface area contributed by atoms with E-state index < -0.39 is 0 Å². The van der Waals surface area contributed by atoms with Crippen LogP contribution in [0.5, 0.6) is 0 Å². The van der Waals surface area contributed by atoms with Gasteiger partial charge >= 0.3 is 0 Å². The average molecular weight is 682 g/mol. The Morgan fingerprint density at radius 3 is 2.06 bits per heavy atom. The van der Waals surface area contributed by atoms with Crippen molar-refractivity contribution in [2.24, 2.45) is 0 Å². The van der Waals surface area contributed by atoms with Crippen molar-refractivity contribution in [1.29, 1.82) is 0 Å². The minimum Gasteiger partial charge on any atom is -0.456 e. The molecule has 0 radical (unpaired) electrons. The molecule has 7 aromatic carbocycles. The topological polar surface area (TPSA) is 51.8 Å². The van der Waals surface area contributed by atoms with Crippen LogP contribution in [0.25, 0.3) is 94.3 Å². The number of aromatic nitrogens is 3. The van der Waals surface area contributed by atoms with E-state index in [0.717, 1.165) is 68.0 Å². The number of furan rings is 1. The van der Waals surface area contributed by atoms with Gasteiger partial charge in [0.15, 0.2) is 17.5 Å². The molecular formula is C49H35N3O. The van der Waals surface area contributed by atoms with Crippen LogP contribution in [0.1, 0.15) is 30.9 Å². The highest BCUT2D eigenvalue weighted by molar-refractivity contribution is 6.15. The number of hydrogen-bond donors (Lipinski definition) is 0. The Labute approximate surface area is 307 Å². The summed E-state index contributed by atoms with van der Waals surface area (Å²) in [6.45, 7) is 4.44. The van der Waals surface area contributed by atoms with Gasteiger partial charge in [-0.25, -0.2) is 15.0 Å². The van der Waals surface area contributed by atoms with Gasteiger partial charge in [0.25, 0.3) is 0 Å². The van der Waals surface area contributed by atoms with E-state index in [1.54, 1.807) is 0 Å². The van der Waals surface area contributed by atoms with Crippen molar-refractivity contribution in [2.45, 2.75) is 26.7 Å². The summed E-state index contributed by atoms with van der Waals surface area (Å²) in [7, 11) is 0. The molecule has 252 valence electrons. The number of fused-ring (bicyclic) bond motifs is 6. The standard InChI is InChI=1S/C49H35N3O/c1-30-12-6-8-16-37(30)38-24-22-34(28-31(38)2)41-26-27-44-45(42-18-10-11-19-43(42)53-44)46(41)49-51-47(33-14-4-3-5-15-33)50-48(52-49)36-23-25-40-35(29-36)21-20-32-13-7-9-17-39(32)40/h3-7,9-15,17-29H,8,16H2,1-2H3. The lowest BCUT2D eigenvalue weighted by Crippen LogP contribution is -2.02. The van der Waals surface area contributed by atoms with Crippen molar-refractivity contribution in [2.75, 3.05) is 0 Å². The highest BCUT2D eigenvalue weighted by Crippen LogP contribution is 2.43. The Balaban J connectivity index is 1.23. The second kappa shape index (κ2) is 12.5. The monoisotopic (exact) mass is 681 g/mol. The third-order valence-corrected chi connectivity index (χ3v) is 10.7. The molecule has 9 aromatic rings. The van der Waals surface area contributed by atoms with Crippen LogP contribution >= 0.6 is 0 Å². The zero-order chi connectivity index (χ0) is 35.5. The first-order chi connectivity index (χ1) is 26.1. The molecule has 0 amide bonds. The minimum atomic E-state index is 0.609. The van der Waals surface area contributed by atoms with E-state index >= 15 is 0 Å². The summed E-state index contributed by atoms with van der Waals surface area (Å²) in [6, 6.07) is 48.9. The number of rotatable bonds is 5. The van der Waals surface area contributed by atoms with E-state index in [1.807, 2.05) is 30.3 Å². The quantitative estimate of drug-likeness (QED) is 0.170. The van der Waals surface area contributed by atoms with Gasteiger partial charge in [-0.2, -0.15) is 0 Å². The van der Waals surface area contributed by atoms with Gasteiger partial charge in [-0.05, 0) is 106 Å². The molecule has 1 aliphatic carbocycles. The van der Waals surface area contributed by atoms with E-state index in [4.69, 9.17) is 19.4 Å². The summed E-state index contributed by atoms with van der Waals surface area (Å²) in [5, 5.41) is 6.83. The Bertz CT molecular complexity index is 2970. The van der Waals surface area contributed by atoms with Crippen LogP contribution in [-0.2, 0) is 0 Å². The SMILES string of the molecule is CC1=C(c2ccc(-c3ccc4oc5ccccc5c4c3-c3nc(-c4ccccc4)nc(-c4ccc5c(ccc6ccccc65)c4)n3)cc2C)CCC=C1. The average Bonchev–Trinajstić information content (AvgIpc) is 3.59. The molecule has 0 saturated heterocycles. The molecule has 4 heteroatoms. The first-order valence-corrected chi connectivity index (χ1v) is 18.2. The predicted octanol–water partition coefficient (Wildman–Crippen LogP) is 13.2. The maximum atomic E-state index is 6.47. The van der Waals surface area contributed by atoms with Crippen LogP contribution in [-0.4, -0.2) is 15.0 Å². The van der Waals surface area contributed by atoms with Gasteiger partial charge in [0.2, 0.25) is 0 Å². The van der Waals surface area contributed by atoms with Gasteiger partial charge in [0, 0.05) is 27.5 Å². The smallest absolute Gasteiger partial charge is 0.165 e. The summed E-state index contributed by atoms with van der Waals surface area (Å²) < 4.78 is 6.47. The Morgan fingerprint density at radius 1 is 0.509 bits per heavy atom. The number of aryl methyl sites for hydroxylation is 1. The maximum absolute atomic E-state index is 6.47. The van der Waals surface area contributed by atoms with Gasteiger partial charge in [0.1, 0.15) is 11.2 Å². The molecular weight excluding hydrogens is 647 g/mol. The zero-order valence-electron chi connectivity index (χ0n) is 29.6. The fourth-order valence-corrected chi connectivity index (χ4v) is 8.08. The van der Waals surface area contributed by atoms with E-state index in [2.05, 4.69) is 135 Å². The van der Waals surface area contributed by atoms with Crippen LogP contribution in [0, 0.1) is 6.92 Å². The van der Waals surface area contributed by atoms with Crippen LogP contribution in [0.2, 0.25) is 0 Å². The predicted molar refractivity (Wildman–Crippen MR) is 220 cm³/mol. The molecule has 53 heavy (non-hydrogen) atoms. The van der Waals surface area contributed by atoms with Gasteiger partial charge in [-0.1, -0.05) is 127 Å². The molecule has 0 saturated carbocycles. The summed E-state index contributed by atoms with van der Waals surface area (Å²) in [6.07, 6.45) is 6.65. The molecule has 0 spiro atoms. The van der Waals surface area contributed by atoms with Crippen molar-refractivity contribution < 1.29 is 4.42 Å². The van der Waals surface area contributed by atoms with Gasteiger partial charge in [-0.3, -0.25) is 0 Å². The van der Waals surface area contributed by atoms with Gasteiger partial charge in [-0.15, -0.1) is 0 Å². The second-order valence-corrected chi connectivity index (χ2v) is 14.0. The summed E-state index contributed by atoms with van der Waals surface area (Å²) in [4.78, 5) is 15.7. The van der Waals surface area contributed by atoms with E-state index in [-0.39, 0.29) is 0 Å². The molecule has 4 nitrogen and oxygen atoms in total. The molecule has 2 aromatic heterocycles. The van der Waals surface area contributed by atoms with Crippen molar-refractivity contribution >= 4 is 49.1 Å². The van der Waals surface area contributed by atoms with Gasteiger partial charge < -0.3 is 4.42 Å². The lowest BCUT2D eigenvalue weighted by molar-refractivity contribution is 0.669. The van der Waals surface area contributed by atoms with Crippen molar-refractivity contribution in [3.05, 3.63) is 168 Å². The third-order valence-electron chi connectivity index (χ3n) is 10.7. The number of benzene rings is 7. The van der Waals surface area contributed by atoms with E-state index in [1.165, 1.54) is 38.4 Å². The lowest BCUT2D eigenvalue weighted by atomic mass is 9.87. The van der Waals surface area contributed by atoms with Gasteiger partial charge in [0.05, 0.1) is 0 Å². The van der Waals surface area contributed by atoms with Crippen LogP contribution in [0.3, 0.4) is 0 Å². The normalized spacial score (nSPS) is 13.2. The largest absolute Gasteiger partial charge is 0.456 e. The van der Waals surface area contributed by atoms with Crippen molar-refractivity contribution in [3.63, 3.8) is 0 Å². The zero-order valence-corrected chi connectivity index (χ0v) is 29.6. The fraction of sp³-hybridized carbons (Fsp3) is 0.0816. The van der Waals surface area contributed by atoms with Crippen LogP contribution < -0.4 is 0 Å².